The van der Waals surface area contributed by atoms with Crippen molar-refractivity contribution >= 4 is 31.9 Å². The maximum absolute atomic E-state index is 5.98. The second-order valence-corrected chi connectivity index (χ2v) is 4.88. The van der Waals surface area contributed by atoms with Crippen molar-refractivity contribution in [2.75, 3.05) is 0 Å². The lowest BCUT2D eigenvalue weighted by Crippen LogP contribution is -2.09. The molecule has 0 radical (unpaired) electrons. The molecule has 0 aliphatic heterocycles. The van der Waals surface area contributed by atoms with Crippen molar-refractivity contribution in [3.63, 3.8) is 0 Å². The van der Waals surface area contributed by atoms with Crippen molar-refractivity contribution in [3.8, 4) is 12.3 Å². The van der Waals surface area contributed by atoms with Crippen LogP contribution in [0, 0.1) is 12.3 Å². The van der Waals surface area contributed by atoms with Gasteiger partial charge in [0.15, 0.2) is 0 Å². The Labute approximate surface area is 101 Å². The summed E-state index contributed by atoms with van der Waals surface area (Å²) in [6, 6.07) is 6.04. The lowest BCUT2D eigenvalue weighted by molar-refractivity contribution is 0.667. The zero-order valence-corrected chi connectivity index (χ0v) is 10.8. The lowest BCUT2D eigenvalue weighted by Gasteiger charge is -2.11. The van der Waals surface area contributed by atoms with Crippen LogP contribution < -0.4 is 5.73 Å². The topological polar surface area (TPSA) is 26.0 Å². The van der Waals surface area contributed by atoms with Gasteiger partial charge in [0.05, 0.1) is 0 Å². The normalized spacial score (nSPS) is 12.1. The Morgan fingerprint density at radius 1 is 1.29 bits per heavy atom. The van der Waals surface area contributed by atoms with Gasteiger partial charge < -0.3 is 5.73 Å². The van der Waals surface area contributed by atoms with Gasteiger partial charge in [0, 0.05) is 21.4 Å². The first-order chi connectivity index (χ1) is 6.63. The minimum atomic E-state index is 0.0137. The van der Waals surface area contributed by atoms with Gasteiger partial charge in [-0.1, -0.05) is 31.9 Å². The molecule has 1 nitrogen and oxygen atoms in total. The molecular formula is C11H11Br2N. The Morgan fingerprint density at radius 3 is 2.36 bits per heavy atom. The average Bonchev–Trinajstić information content (AvgIpc) is 2.12. The van der Waals surface area contributed by atoms with Crippen molar-refractivity contribution in [2.24, 2.45) is 5.73 Å². The molecule has 0 aliphatic rings. The van der Waals surface area contributed by atoms with Crippen LogP contribution in [0.15, 0.2) is 27.1 Å². The highest BCUT2D eigenvalue weighted by atomic mass is 79.9. The van der Waals surface area contributed by atoms with E-state index in [4.69, 9.17) is 12.2 Å². The van der Waals surface area contributed by atoms with E-state index in [9.17, 15) is 0 Å². The van der Waals surface area contributed by atoms with Crippen LogP contribution in [0.1, 0.15) is 24.4 Å². The second kappa shape index (κ2) is 5.55. The Balaban J connectivity index is 2.79. The Hall–Kier alpha value is -0.300. The number of hydrogen-bond donors (Lipinski definition) is 1. The van der Waals surface area contributed by atoms with Gasteiger partial charge in [0.2, 0.25) is 0 Å². The zero-order chi connectivity index (χ0) is 10.6. The van der Waals surface area contributed by atoms with Crippen LogP contribution in [-0.4, -0.2) is 0 Å². The molecule has 3 heteroatoms. The molecule has 0 heterocycles. The zero-order valence-electron chi connectivity index (χ0n) is 7.63. The summed E-state index contributed by atoms with van der Waals surface area (Å²) in [5.74, 6) is 2.59. The highest BCUT2D eigenvalue weighted by Crippen LogP contribution is 2.25. The van der Waals surface area contributed by atoms with E-state index in [1.165, 1.54) is 0 Å². The maximum Gasteiger partial charge on any atom is 0.0304 e. The fourth-order valence-corrected chi connectivity index (χ4v) is 2.52. The first-order valence-electron chi connectivity index (χ1n) is 4.28. The molecule has 0 amide bonds. The van der Waals surface area contributed by atoms with Gasteiger partial charge in [-0.3, -0.25) is 0 Å². The average molecular weight is 317 g/mol. The first-order valence-corrected chi connectivity index (χ1v) is 5.87. The van der Waals surface area contributed by atoms with E-state index < -0.39 is 0 Å². The fourth-order valence-electron chi connectivity index (χ4n) is 1.19. The Kier molecular flexibility index (Phi) is 4.67. The summed E-state index contributed by atoms with van der Waals surface area (Å²) in [4.78, 5) is 0. The Bertz CT molecular complexity index is 335. The van der Waals surface area contributed by atoms with Gasteiger partial charge in [-0.15, -0.1) is 12.3 Å². The Morgan fingerprint density at radius 2 is 1.86 bits per heavy atom. The van der Waals surface area contributed by atoms with Crippen molar-refractivity contribution in [2.45, 2.75) is 18.9 Å². The minimum Gasteiger partial charge on any atom is -0.324 e. The first kappa shape index (κ1) is 11.8. The standard InChI is InChI=1S/C11H11Br2N/c1-2-3-4-11(14)8-5-9(12)7-10(13)6-8/h1,5-7,11H,3-4,14H2. The predicted octanol–water partition coefficient (Wildman–Crippen LogP) is 3.62. The summed E-state index contributed by atoms with van der Waals surface area (Å²) in [5, 5.41) is 0. The molecule has 1 atom stereocenters. The molecule has 0 aliphatic carbocycles. The lowest BCUT2D eigenvalue weighted by atomic mass is 10.0. The smallest absolute Gasteiger partial charge is 0.0304 e. The SMILES string of the molecule is C#CCCC(N)c1cc(Br)cc(Br)c1. The van der Waals surface area contributed by atoms with Crippen molar-refractivity contribution in [1.82, 2.24) is 0 Å². The van der Waals surface area contributed by atoms with Gasteiger partial charge >= 0.3 is 0 Å². The van der Waals surface area contributed by atoms with Gasteiger partial charge in [0.25, 0.3) is 0 Å². The monoisotopic (exact) mass is 315 g/mol. The van der Waals surface area contributed by atoms with E-state index >= 15 is 0 Å². The molecule has 2 N–H and O–H groups in total. The van der Waals surface area contributed by atoms with Crippen LogP contribution in [0.2, 0.25) is 0 Å². The molecule has 0 saturated carbocycles. The largest absolute Gasteiger partial charge is 0.324 e. The highest BCUT2D eigenvalue weighted by Gasteiger charge is 2.06. The van der Waals surface area contributed by atoms with Gasteiger partial charge in [-0.05, 0) is 30.2 Å². The number of halogens is 2. The van der Waals surface area contributed by atoms with E-state index in [0.717, 1.165) is 20.9 Å². The molecule has 1 aromatic carbocycles. The molecule has 1 aromatic rings. The maximum atomic E-state index is 5.98. The number of terminal acetylenes is 1. The van der Waals surface area contributed by atoms with Crippen LogP contribution in [0.3, 0.4) is 0 Å². The summed E-state index contributed by atoms with van der Waals surface area (Å²) in [5.41, 5.74) is 7.08. The van der Waals surface area contributed by atoms with Crippen LogP contribution in [0.4, 0.5) is 0 Å². The van der Waals surface area contributed by atoms with E-state index in [1.54, 1.807) is 0 Å². The number of nitrogens with two attached hydrogens (primary N) is 1. The van der Waals surface area contributed by atoms with Crippen molar-refractivity contribution < 1.29 is 0 Å². The van der Waals surface area contributed by atoms with Gasteiger partial charge in [-0.25, -0.2) is 0 Å². The summed E-state index contributed by atoms with van der Waals surface area (Å²) >= 11 is 6.85. The number of benzene rings is 1. The minimum absolute atomic E-state index is 0.0137. The van der Waals surface area contributed by atoms with Crippen LogP contribution in [-0.2, 0) is 0 Å². The number of hydrogen-bond acceptors (Lipinski definition) is 1. The molecular weight excluding hydrogens is 306 g/mol. The van der Waals surface area contributed by atoms with Crippen molar-refractivity contribution in [3.05, 3.63) is 32.7 Å². The summed E-state index contributed by atoms with van der Waals surface area (Å²) < 4.78 is 2.05. The third-order valence-electron chi connectivity index (χ3n) is 1.91. The summed E-state index contributed by atoms with van der Waals surface area (Å²) in [7, 11) is 0. The molecule has 0 aromatic heterocycles. The fraction of sp³-hybridized carbons (Fsp3) is 0.273. The van der Waals surface area contributed by atoms with E-state index in [0.29, 0.717) is 6.42 Å². The molecule has 1 rings (SSSR count). The predicted molar refractivity (Wildman–Crippen MR) is 66.8 cm³/mol. The molecule has 0 fully saturated rings. The van der Waals surface area contributed by atoms with Crippen molar-refractivity contribution in [1.29, 1.82) is 0 Å². The van der Waals surface area contributed by atoms with Crippen LogP contribution in [0.5, 0.6) is 0 Å². The van der Waals surface area contributed by atoms with Gasteiger partial charge in [-0.2, -0.15) is 0 Å². The third-order valence-corrected chi connectivity index (χ3v) is 2.83. The molecule has 1 unspecified atom stereocenters. The summed E-state index contributed by atoms with van der Waals surface area (Å²) in [6.45, 7) is 0. The quantitative estimate of drug-likeness (QED) is 0.847. The molecule has 0 saturated heterocycles. The second-order valence-electron chi connectivity index (χ2n) is 3.05. The third kappa shape index (κ3) is 3.45. The van der Waals surface area contributed by atoms with Gasteiger partial charge in [0.1, 0.15) is 0 Å². The molecule has 0 spiro atoms. The van der Waals surface area contributed by atoms with Crippen LogP contribution >= 0.6 is 31.9 Å². The van der Waals surface area contributed by atoms with E-state index in [1.807, 2.05) is 18.2 Å². The molecule has 74 valence electrons. The van der Waals surface area contributed by atoms with E-state index in [-0.39, 0.29) is 6.04 Å². The molecule has 0 bridgehead atoms. The summed E-state index contributed by atoms with van der Waals surface area (Å²) in [6.07, 6.45) is 6.72. The van der Waals surface area contributed by atoms with Crippen LogP contribution in [0.25, 0.3) is 0 Å². The highest BCUT2D eigenvalue weighted by molar-refractivity contribution is 9.11. The van der Waals surface area contributed by atoms with E-state index in [2.05, 4.69) is 37.8 Å². The molecule has 14 heavy (non-hydrogen) atoms. The number of rotatable bonds is 3.